The van der Waals surface area contributed by atoms with Crippen LogP contribution >= 0.6 is 0 Å². The molecule has 0 aliphatic rings. The van der Waals surface area contributed by atoms with Gasteiger partial charge in [-0.1, -0.05) is 0 Å². The van der Waals surface area contributed by atoms with Gasteiger partial charge in [-0.2, -0.15) is 0 Å². The number of methoxy groups -OCH3 is 1. The lowest BCUT2D eigenvalue weighted by molar-refractivity contribution is 0.0601. The molecule has 1 aromatic heterocycles. The molecule has 0 radical (unpaired) electrons. The first-order chi connectivity index (χ1) is 8.06. The zero-order chi connectivity index (χ0) is 12.8. The van der Waals surface area contributed by atoms with Crippen LogP contribution in [0.25, 0.3) is 0 Å². The molecular formula is C12H18N2O3. The summed E-state index contributed by atoms with van der Waals surface area (Å²) in [6.45, 7) is 2.35. The predicted octanol–water partition coefficient (Wildman–Crippen LogP) is 1.08. The van der Waals surface area contributed by atoms with Crippen molar-refractivity contribution < 1.29 is 14.6 Å². The summed E-state index contributed by atoms with van der Waals surface area (Å²) in [6.07, 6.45) is 1.87. The van der Waals surface area contributed by atoms with Crippen molar-refractivity contribution in [3.05, 3.63) is 23.9 Å². The van der Waals surface area contributed by atoms with Gasteiger partial charge < -0.3 is 14.7 Å². The fourth-order valence-corrected chi connectivity index (χ4v) is 1.46. The molecule has 0 fully saturated rings. The zero-order valence-corrected chi connectivity index (χ0v) is 10.4. The molecule has 0 spiro atoms. The minimum atomic E-state index is -0.406. The fourth-order valence-electron chi connectivity index (χ4n) is 1.46. The van der Waals surface area contributed by atoms with Crippen LogP contribution in [-0.2, 0) is 4.74 Å². The summed E-state index contributed by atoms with van der Waals surface area (Å²) in [7, 11) is 3.17. The topological polar surface area (TPSA) is 62.7 Å². The third kappa shape index (κ3) is 3.71. The molecule has 5 nitrogen and oxygen atoms in total. The van der Waals surface area contributed by atoms with Crippen molar-refractivity contribution in [3.8, 4) is 0 Å². The van der Waals surface area contributed by atoms with Crippen molar-refractivity contribution >= 4 is 11.8 Å². The van der Waals surface area contributed by atoms with Crippen LogP contribution in [0.4, 0.5) is 5.82 Å². The normalized spacial score (nSPS) is 12.0. The molecule has 1 N–H and O–H groups in total. The number of carbonyl (C=O) groups is 1. The SMILES string of the molecule is COC(=O)c1cccnc1N(C)CCC(C)O. The van der Waals surface area contributed by atoms with Crippen LogP contribution < -0.4 is 4.90 Å². The number of nitrogens with zero attached hydrogens (tertiary/aromatic N) is 2. The number of anilines is 1. The van der Waals surface area contributed by atoms with Gasteiger partial charge in [-0.25, -0.2) is 9.78 Å². The van der Waals surface area contributed by atoms with Gasteiger partial charge in [0.25, 0.3) is 0 Å². The summed E-state index contributed by atoms with van der Waals surface area (Å²) in [4.78, 5) is 17.5. The molecule has 1 atom stereocenters. The van der Waals surface area contributed by atoms with Crippen molar-refractivity contribution in [2.45, 2.75) is 19.4 Å². The van der Waals surface area contributed by atoms with Crippen molar-refractivity contribution in [2.75, 3.05) is 25.6 Å². The van der Waals surface area contributed by atoms with Crippen LogP contribution in [-0.4, -0.2) is 42.9 Å². The number of aliphatic hydroxyl groups excluding tert-OH is 1. The van der Waals surface area contributed by atoms with E-state index in [4.69, 9.17) is 4.74 Å². The number of esters is 1. The predicted molar refractivity (Wildman–Crippen MR) is 65.1 cm³/mol. The third-order valence-corrected chi connectivity index (χ3v) is 2.44. The average Bonchev–Trinajstić information content (AvgIpc) is 2.34. The number of hydrogen-bond donors (Lipinski definition) is 1. The van der Waals surface area contributed by atoms with E-state index in [0.717, 1.165) is 0 Å². The quantitative estimate of drug-likeness (QED) is 0.778. The minimum absolute atomic E-state index is 0.372. The summed E-state index contributed by atoms with van der Waals surface area (Å²) in [5, 5.41) is 9.23. The van der Waals surface area contributed by atoms with E-state index in [9.17, 15) is 9.90 Å². The number of rotatable bonds is 5. The van der Waals surface area contributed by atoms with Gasteiger partial charge in [0.1, 0.15) is 11.4 Å². The Morgan fingerprint density at radius 3 is 2.94 bits per heavy atom. The monoisotopic (exact) mass is 238 g/mol. The second kappa shape index (κ2) is 6.20. The maximum atomic E-state index is 11.5. The van der Waals surface area contributed by atoms with Gasteiger partial charge >= 0.3 is 5.97 Å². The number of hydrogen-bond acceptors (Lipinski definition) is 5. The first kappa shape index (κ1) is 13.4. The van der Waals surface area contributed by atoms with E-state index in [1.54, 1.807) is 25.3 Å². The molecule has 0 saturated heterocycles. The highest BCUT2D eigenvalue weighted by Crippen LogP contribution is 2.17. The maximum absolute atomic E-state index is 11.5. The Morgan fingerprint density at radius 2 is 2.35 bits per heavy atom. The van der Waals surface area contributed by atoms with Gasteiger partial charge in [0.2, 0.25) is 0 Å². The summed E-state index contributed by atoms with van der Waals surface area (Å²) in [5.41, 5.74) is 0.433. The summed E-state index contributed by atoms with van der Waals surface area (Å²) >= 11 is 0. The third-order valence-electron chi connectivity index (χ3n) is 2.44. The number of aliphatic hydroxyl groups is 1. The Labute approximate surface area is 101 Å². The highest BCUT2D eigenvalue weighted by atomic mass is 16.5. The molecule has 1 unspecified atom stereocenters. The largest absolute Gasteiger partial charge is 0.465 e. The second-order valence-corrected chi connectivity index (χ2v) is 3.93. The summed E-state index contributed by atoms with van der Waals surface area (Å²) in [6, 6.07) is 3.37. The first-order valence-electron chi connectivity index (χ1n) is 5.48. The summed E-state index contributed by atoms with van der Waals surface area (Å²) < 4.78 is 4.70. The maximum Gasteiger partial charge on any atom is 0.341 e. The van der Waals surface area contributed by atoms with Crippen LogP contribution in [0.5, 0.6) is 0 Å². The fraction of sp³-hybridized carbons (Fsp3) is 0.500. The lowest BCUT2D eigenvalue weighted by Crippen LogP contribution is -2.25. The Hall–Kier alpha value is -1.62. The molecule has 5 heteroatoms. The Kier molecular flexibility index (Phi) is 4.90. The van der Waals surface area contributed by atoms with Gasteiger partial charge in [-0.05, 0) is 25.5 Å². The number of pyridine rings is 1. The van der Waals surface area contributed by atoms with E-state index in [0.29, 0.717) is 24.3 Å². The molecule has 0 aromatic carbocycles. The van der Waals surface area contributed by atoms with Crippen molar-refractivity contribution in [3.63, 3.8) is 0 Å². The minimum Gasteiger partial charge on any atom is -0.465 e. The molecule has 0 aliphatic heterocycles. The molecule has 17 heavy (non-hydrogen) atoms. The van der Waals surface area contributed by atoms with Gasteiger partial charge in [-0.3, -0.25) is 0 Å². The molecule has 0 amide bonds. The van der Waals surface area contributed by atoms with E-state index in [1.807, 2.05) is 11.9 Å². The molecule has 94 valence electrons. The van der Waals surface area contributed by atoms with Crippen LogP contribution in [0.2, 0.25) is 0 Å². The van der Waals surface area contributed by atoms with E-state index < -0.39 is 5.97 Å². The molecule has 0 bridgehead atoms. The lowest BCUT2D eigenvalue weighted by atomic mass is 10.2. The number of ether oxygens (including phenoxy) is 1. The van der Waals surface area contributed by atoms with Gasteiger partial charge in [0.15, 0.2) is 0 Å². The van der Waals surface area contributed by atoms with E-state index in [2.05, 4.69) is 4.98 Å². The smallest absolute Gasteiger partial charge is 0.341 e. The molecular weight excluding hydrogens is 220 g/mol. The van der Waals surface area contributed by atoms with Crippen molar-refractivity contribution in [1.29, 1.82) is 0 Å². The molecule has 1 heterocycles. The van der Waals surface area contributed by atoms with Gasteiger partial charge in [-0.15, -0.1) is 0 Å². The van der Waals surface area contributed by atoms with E-state index >= 15 is 0 Å². The number of carbonyl (C=O) groups excluding carboxylic acids is 1. The summed E-state index contributed by atoms with van der Waals surface area (Å²) in [5.74, 6) is 0.164. The van der Waals surface area contributed by atoms with Gasteiger partial charge in [0.05, 0.1) is 13.2 Å². The molecule has 0 aliphatic carbocycles. The lowest BCUT2D eigenvalue weighted by Gasteiger charge is -2.20. The van der Waals surface area contributed by atoms with Gasteiger partial charge in [0, 0.05) is 19.8 Å². The van der Waals surface area contributed by atoms with E-state index in [-0.39, 0.29) is 6.10 Å². The zero-order valence-electron chi connectivity index (χ0n) is 10.4. The second-order valence-electron chi connectivity index (χ2n) is 3.93. The molecule has 1 rings (SSSR count). The first-order valence-corrected chi connectivity index (χ1v) is 5.48. The van der Waals surface area contributed by atoms with Crippen LogP contribution in [0, 0.1) is 0 Å². The average molecular weight is 238 g/mol. The van der Waals surface area contributed by atoms with E-state index in [1.165, 1.54) is 7.11 Å². The Morgan fingerprint density at radius 1 is 1.65 bits per heavy atom. The number of aromatic nitrogens is 1. The van der Waals surface area contributed by atoms with Crippen LogP contribution in [0.3, 0.4) is 0 Å². The van der Waals surface area contributed by atoms with Crippen molar-refractivity contribution in [2.24, 2.45) is 0 Å². The highest BCUT2D eigenvalue weighted by Gasteiger charge is 2.15. The highest BCUT2D eigenvalue weighted by molar-refractivity contribution is 5.94. The van der Waals surface area contributed by atoms with Crippen LogP contribution in [0.15, 0.2) is 18.3 Å². The Bertz CT molecular complexity index is 380. The molecule has 1 aromatic rings. The molecule has 0 saturated carbocycles. The van der Waals surface area contributed by atoms with Crippen molar-refractivity contribution in [1.82, 2.24) is 4.98 Å². The van der Waals surface area contributed by atoms with Crippen LogP contribution in [0.1, 0.15) is 23.7 Å². The standard InChI is InChI=1S/C12H18N2O3/c1-9(15)6-8-14(2)11-10(12(16)17-3)5-4-7-13-11/h4-5,7,9,15H,6,8H2,1-3H3. The Balaban J connectivity index is 2.85.